The average Bonchev–Trinajstić information content (AvgIpc) is 3.19. The molecule has 1 spiro atoms. The smallest absolute Gasteiger partial charge is 0.475 e. The van der Waals surface area contributed by atoms with E-state index in [0.29, 0.717) is 18.4 Å². The number of carboxylic acids is 2. The summed E-state index contributed by atoms with van der Waals surface area (Å²) in [4.78, 5) is 36.7. The van der Waals surface area contributed by atoms with Crippen LogP contribution in [0.4, 0.5) is 26.3 Å². The first-order valence-electron chi connectivity index (χ1n) is 12.2. The zero-order chi connectivity index (χ0) is 30.0. The predicted octanol–water partition coefficient (Wildman–Crippen LogP) is 4.94. The second-order valence-electron chi connectivity index (χ2n) is 9.31. The maximum absolute atomic E-state index is 12.5. The van der Waals surface area contributed by atoms with Crippen LogP contribution in [0.3, 0.4) is 0 Å². The van der Waals surface area contributed by atoms with E-state index in [1.54, 1.807) is 0 Å². The van der Waals surface area contributed by atoms with Crippen LogP contribution in [0.25, 0.3) is 0 Å². The van der Waals surface area contributed by atoms with Crippen LogP contribution in [0.1, 0.15) is 49.7 Å². The molecule has 0 radical (unpaired) electrons. The van der Waals surface area contributed by atoms with Crippen molar-refractivity contribution in [1.82, 2.24) is 15.2 Å². The van der Waals surface area contributed by atoms with Crippen LogP contribution >= 0.6 is 0 Å². The van der Waals surface area contributed by atoms with Gasteiger partial charge in [-0.15, -0.1) is 0 Å². The molecule has 14 heteroatoms. The maximum Gasteiger partial charge on any atom is 0.490 e. The third-order valence-corrected chi connectivity index (χ3v) is 6.58. The second kappa shape index (κ2) is 14.1. The van der Waals surface area contributed by atoms with Crippen molar-refractivity contribution in [2.75, 3.05) is 0 Å². The van der Waals surface area contributed by atoms with Gasteiger partial charge < -0.3 is 20.4 Å². The molecule has 1 aromatic heterocycles. The molecule has 8 nitrogen and oxygen atoms in total. The van der Waals surface area contributed by atoms with Crippen molar-refractivity contribution in [2.45, 2.75) is 75.5 Å². The third-order valence-electron chi connectivity index (χ3n) is 6.58. The molecule has 2 aromatic rings. The zero-order valence-corrected chi connectivity index (χ0v) is 21.2. The lowest BCUT2D eigenvalue weighted by molar-refractivity contribution is -0.193. The highest BCUT2D eigenvalue weighted by Gasteiger charge is 2.46. The van der Waals surface area contributed by atoms with Crippen LogP contribution in [-0.4, -0.2) is 61.9 Å². The van der Waals surface area contributed by atoms with E-state index in [2.05, 4.69) is 45.5 Å². The Bertz CT molecular complexity index is 1080. The van der Waals surface area contributed by atoms with Crippen molar-refractivity contribution in [3.8, 4) is 0 Å². The Balaban J connectivity index is 0.000000333. The minimum absolute atomic E-state index is 0.0827. The highest BCUT2D eigenvalue weighted by atomic mass is 19.4. The fourth-order valence-electron chi connectivity index (χ4n) is 4.54. The Hall–Kier alpha value is -3.68. The van der Waals surface area contributed by atoms with Gasteiger partial charge in [-0.1, -0.05) is 36.4 Å². The first-order valence-corrected chi connectivity index (χ1v) is 12.2. The van der Waals surface area contributed by atoms with Crippen molar-refractivity contribution in [3.05, 3.63) is 66.0 Å². The average molecular weight is 578 g/mol. The number of carbonyl (C=O) groups is 3. The summed E-state index contributed by atoms with van der Waals surface area (Å²) in [5, 5.41) is 17.9. The summed E-state index contributed by atoms with van der Waals surface area (Å²) in [6.45, 7) is 1.63. The molecule has 3 N–H and O–H groups in total. The largest absolute Gasteiger partial charge is 0.490 e. The standard InChI is InChI=1S/C22H27N3O.2C2HF3O2/c26-21-10-13-22(25(21)17-18-5-2-1-3-6-18)11-8-20(9-12-22)24-16-19-7-4-14-23-15-19;2*3-2(4,5)1(6)7/h1-7,14-15,20,24H,8-13,16-17H2;2*(H,6,7). The van der Waals surface area contributed by atoms with Crippen LogP contribution < -0.4 is 5.32 Å². The van der Waals surface area contributed by atoms with Crippen LogP contribution in [0, 0.1) is 0 Å². The van der Waals surface area contributed by atoms with E-state index in [4.69, 9.17) is 19.8 Å². The molecule has 2 fully saturated rings. The number of hydrogen-bond donors (Lipinski definition) is 3. The molecule has 1 aliphatic carbocycles. The molecule has 0 atom stereocenters. The monoisotopic (exact) mass is 577 g/mol. The SMILES string of the molecule is O=C(O)C(F)(F)F.O=C(O)C(F)(F)F.O=C1CCC2(CCC(NCc3cccnc3)CC2)N1Cc1ccccc1. The van der Waals surface area contributed by atoms with Gasteiger partial charge in [0, 0.05) is 43.5 Å². The Morgan fingerprint density at radius 3 is 1.90 bits per heavy atom. The number of likely N-dealkylation sites (tertiary alicyclic amines) is 1. The van der Waals surface area contributed by atoms with Gasteiger partial charge in [-0.05, 0) is 49.3 Å². The van der Waals surface area contributed by atoms with E-state index in [1.807, 2.05) is 24.5 Å². The van der Waals surface area contributed by atoms with Gasteiger partial charge in [0.15, 0.2) is 0 Å². The van der Waals surface area contributed by atoms with Gasteiger partial charge in [0.2, 0.25) is 5.91 Å². The van der Waals surface area contributed by atoms with Crippen molar-refractivity contribution < 1.29 is 50.9 Å². The number of hydrogen-bond acceptors (Lipinski definition) is 5. The fourth-order valence-corrected chi connectivity index (χ4v) is 4.54. The summed E-state index contributed by atoms with van der Waals surface area (Å²) in [6, 6.07) is 15.0. The minimum Gasteiger partial charge on any atom is -0.475 e. The molecule has 2 aliphatic rings. The number of carboxylic acid groups (broad SMARTS) is 2. The van der Waals surface area contributed by atoms with Crippen LogP contribution in [0.2, 0.25) is 0 Å². The topological polar surface area (TPSA) is 120 Å². The number of nitrogens with one attached hydrogen (secondary N) is 1. The molecular formula is C26H29F6N3O5. The quantitative estimate of drug-likeness (QED) is 0.431. The van der Waals surface area contributed by atoms with Crippen molar-refractivity contribution in [3.63, 3.8) is 0 Å². The first-order chi connectivity index (χ1) is 18.6. The van der Waals surface area contributed by atoms with Crippen molar-refractivity contribution >= 4 is 17.8 Å². The van der Waals surface area contributed by atoms with Gasteiger partial charge in [0.1, 0.15) is 0 Å². The van der Waals surface area contributed by atoms with E-state index in [-0.39, 0.29) is 5.54 Å². The minimum atomic E-state index is -5.08. The van der Waals surface area contributed by atoms with Crippen molar-refractivity contribution in [2.24, 2.45) is 0 Å². The van der Waals surface area contributed by atoms with E-state index in [1.165, 1.54) is 11.1 Å². The van der Waals surface area contributed by atoms with E-state index in [0.717, 1.165) is 45.2 Å². The van der Waals surface area contributed by atoms with E-state index in [9.17, 15) is 31.1 Å². The number of nitrogens with zero attached hydrogens (tertiary/aromatic N) is 2. The maximum atomic E-state index is 12.5. The molecule has 40 heavy (non-hydrogen) atoms. The normalized spacial score (nSPS) is 20.7. The van der Waals surface area contributed by atoms with Crippen LogP contribution in [0.15, 0.2) is 54.9 Å². The Labute approximate surface area is 226 Å². The highest BCUT2D eigenvalue weighted by Crippen LogP contribution is 2.43. The molecular weight excluding hydrogens is 548 g/mol. The third kappa shape index (κ3) is 10.1. The lowest BCUT2D eigenvalue weighted by atomic mass is 9.77. The van der Waals surface area contributed by atoms with Gasteiger partial charge in [0.25, 0.3) is 0 Å². The van der Waals surface area contributed by atoms with Crippen molar-refractivity contribution in [1.29, 1.82) is 0 Å². The number of amides is 1. The molecule has 1 saturated heterocycles. The van der Waals surface area contributed by atoms with Crippen LogP contribution in [-0.2, 0) is 27.5 Å². The molecule has 1 aliphatic heterocycles. The Morgan fingerprint density at radius 1 is 0.900 bits per heavy atom. The molecule has 1 saturated carbocycles. The summed E-state index contributed by atoms with van der Waals surface area (Å²) in [5.41, 5.74) is 2.55. The van der Waals surface area contributed by atoms with Gasteiger partial charge in [-0.25, -0.2) is 9.59 Å². The van der Waals surface area contributed by atoms with Gasteiger partial charge >= 0.3 is 24.3 Å². The number of aliphatic carboxylic acids is 2. The molecule has 2 heterocycles. The molecule has 220 valence electrons. The number of rotatable bonds is 5. The summed E-state index contributed by atoms with van der Waals surface area (Å²) in [7, 11) is 0. The number of aromatic nitrogens is 1. The molecule has 0 unspecified atom stereocenters. The summed E-state index contributed by atoms with van der Waals surface area (Å²) in [6.07, 6.45) is -0.209. The van der Waals surface area contributed by atoms with Crippen LogP contribution in [0.5, 0.6) is 0 Å². The van der Waals surface area contributed by atoms with E-state index >= 15 is 0 Å². The predicted molar refractivity (Wildman–Crippen MR) is 130 cm³/mol. The summed E-state index contributed by atoms with van der Waals surface area (Å²) in [5.74, 6) is -5.18. The van der Waals surface area contributed by atoms with Gasteiger partial charge in [0.05, 0.1) is 0 Å². The molecule has 1 amide bonds. The number of benzene rings is 1. The lowest BCUT2D eigenvalue weighted by Crippen LogP contribution is -2.50. The molecule has 4 rings (SSSR count). The Kier molecular flexibility index (Phi) is 11.5. The number of pyridine rings is 1. The highest BCUT2D eigenvalue weighted by molar-refractivity contribution is 5.79. The first kappa shape index (κ1) is 32.5. The fraction of sp³-hybridized carbons (Fsp3) is 0.462. The van der Waals surface area contributed by atoms with Gasteiger partial charge in [-0.2, -0.15) is 26.3 Å². The van der Waals surface area contributed by atoms with Gasteiger partial charge in [-0.3, -0.25) is 9.78 Å². The molecule has 0 bridgehead atoms. The number of carbonyl (C=O) groups excluding carboxylic acids is 1. The Morgan fingerprint density at radius 2 is 1.43 bits per heavy atom. The summed E-state index contributed by atoms with van der Waals surface area (Å²) >= 11 is 0. The summed E-state index contributed by atoms with van der Waals surface area (Å²) < 4.78 is 63.5. The van der Waals surface area contributed by atoms with E-state index < -0.39 is 24.3 Å². The number of alkyl halides is 6. The number of halogens is 6. The zero-order valence-electron chi connectivity index (χ0n) is 21.2. The molecule has 1 aromatic carbocycles. The lowest BCUT2D eigenvalue weighted by Gasteiger charge is -2.44. The second-order valence-corrected chi connectivity index (χ2v) is 9.31.